The molecule has 0 spiro atoms. The molecule has 1 aromatic heterocycles. The topological polar surface area (TPSA) is 96.2 Å². The first-order chi connectivity index (χ1) is 13.7. The van der Waals surface area contributed by atoms with Crippen LogP contribution in [0.3, 0.4) is 0 Å². The van der Waals surface area contributed by atoms with Crippen LogP contribution in [0.15, 0.2) is 41.9 Å². The van der Waals surface area contributed by atoms with Gasteiger partial charge in [-0.05, 0) is 18.2 Å². The summed E-state index contributed by atoms with van der Waals surface area (Å²) in [6.45, 7) is 7.90. The Morgan fingerprint density at radius 1 is 1.55 bits per heavy atom. The molecular weight excluding hydrogens is 395 g/mol. The van der Waals surface area contributed by atoms with Gasteiger partial charge in [0.25, 0.3) is 5.91 Å². The molecule has 2 N–H and O–H groups in total. The lowest BCUT2D eigenvalue weighted by molar-refractivity contribution is 0.101. The van der Waals surface area contributed by atoms with E-state index in [-0.39, 0.29) is 40.8 Å². The van der Waals surface area contributed by atoms with Crippen LogP contribution in [0.4, 0.5) is 10.1 Å². The van der Waals surface area contributed by atoms with Gasteiger partial charge in [-0.1, -0.05) is 19.9 Å². The number of fused-ring (bicyclic) bond motifs is 1. The molecule has 1 aliphatic rings. The second-order valence-electron chi connectivity index (χ2n) is 7.32. The van der Waals surface area contributed by atoms with E-state index in [1.165, 1.54) is 16.7 Å². The highest BCUT2D eigenvalue weighted by Gasteiger charge is 2.35. The molecule has 9 heteroatoms. The van der Waals surface area contributed by atoms with Crippen molar-refractivity contribution >= 4 is 22.6 Å². The summed E-state index contributed by atoms with van der Waals surface area (Å²) >= 11 is 0. The molecule has 7 nitrogen and oxygen atoms in total. The zero-order valence-corrected chi connectivity index (χ0v) is 17.1. The number of carbonyl (C=O) groups excluding carboxylic acids is 1. The van der Waals surface area contributed by atoms with E-state index in [0.717, 1.165) is 6.07 Å². The number of rotatable bonds is 4. The Morgan fingerprint density at radius 2 is 2.28 bits per heavy atom. The number of nitrogens with one attached hydrogen (secondary N) is 2. The van der Waals surface area contributed by atoms with Gasteiger partial charge in [0.05, 0.1) is 11.6 Å². The molecule has 0 saturated heterocycles. The van der Waals surface area contributed by atoms with E-state index >= 15 is 0 Å². The van der Waals surface area contributed by atoms with E-state index in [2.05, 4.69) is 16.6 Å². The first-order valence-electron chi connectivity index (χ1n) is 8.82. The van der Waals surface area contributed by atoms with Crippen LogP contribution in [0.5, 0.6) is 5.75 Å². The molecule has 3 rings (SSSR count). The maximum absolute atomic E-state index is 13.5. The van der Waals surface area contributed by atoms with Gasteiger partial charge in [-0.3, -0.25) is 4.79 Å². The predicted octanol–water partition coefficient (Wildman–Crippen LogP) is 2.87. The Labute approximate surface area is 170 Å². The molecule has 0 bridgehead atoms. The molecule has 0 saturated carbocycles. The third-order valence-corrected chi connectivity index (χ3v) is 6.12. The van der Waals surface area contributed by atoms with Crippen LogP contribution in [0.25, 0.3) is 0 Å². The normalized spacial score (nSPS) is 18.7. The van der Waals surface area contributed by atoms with Crippen molar-refractivity contribution in [1.29, 1.82) is 5.26 Å². The number of hydrogen-bond donors (Lipinski definition) is 2. The highest BCUT2D eigenvalue weighted by molar-refractivity contribution is 7.83. The molecule has 1 aliphatic heterocycles. The standard InChI is InChI=1S/C20H21FN4O3S/c1-5-20(2,3)16-11-28-18-15(29(27)24-16)10-25(4)17(18)19(26)23-13-6-7-14(21)12(8-13)9-22/h5-8,10,16,24H,1,11H2,2-4H3,(H,23,26). The lowest BCUT2D eigenvalue weighted by atomic mass is 9.86. The van der Waals surface area contributed by atoms with Crippen LogP contribution in [0.2, 0.25) is 0 Å². The van der Waals surface area contributed by atoms with Crippen molar-refractivity contribution in [1.82, 2.24) is 9.29 Å². The zero-order valence-electron chi connectivity index (χ0n) is 16.3. The maximum Gasteiger partial charge on any atom is 0.276 e. The largest absolute Gasteiger partial charge is 0.488 e. The second kappa shape index (κ2) is 7.81. The summed E-state index contributed by atoms with van der Waals surface area (Å²) in [5.41, 5.74) is -0.119. The Morgan fingerprint density at radius 3 is 2.93 bits per heavy atom. The van der Waals surface area contributed by atoms with Crippen molar-refractivity contribution in [3.8, 4) is 11.8 Å². The zero-order chi connectivity index (χ0) is 21.3. The van der Waals surface area contributed by atoms with Crippen LogP contribution in [0.1, 0.15) is 29.9 Å². The summed E-state index contributed by atoms with van der Waals surface area (Å²) in [6.07, 6.45) is 3.33. The Bertz CT molecular complexity index is 1050. The van der Waals surface area contributed by atoms with Crippen LogP contribution in [-0.2, 0) is 18.0 Å². The van der Waals surface area contributed by atoms with Gasteiger partial charge in [-0.15, -0.1) is 6.58 Å². The van der Waals surface area contributed by atoms with Gasteiger partial charge in [-0.2, -0.15) is 5.26 Å². The number of ether oxygens (including phenoxy) is 1. The molecular formula is C20H21FN4O3S. The van der Waals surface area contributed by atoms with Gasteiger partial charge in [0, 0.05) is 24.3 Å². The van der Waals surface area contributed by atoms with E-state index in [1.54, 1.807) is 25.4 Å². The molecule has 0 radical (unpaired) electrons. The molecule has 2 aromatic rings. The van der Waals surface area contributed by atoms with Crippen LogP contribution >= 0.6 is 0 Å². The van der Waals surface area contributed by atoms with Gasteiger partial charge in [0.15, 0.2) is 11.4 Å². The number of amides is 1. The monoisotopic (exact) mass is 416 g/mol. The van der Waals surface area contributed by atoms with Gasteiger partial charge in [0.1, 0.15) is 34.4 Å². The van der Waals surface area contributed by atoms with Crippen molar-refractivity contribution < 1.29 is 18.1 Å². The lowest BCUT2D eigenvalue weighted by Crippen LogP contribution is -2.44. The lowest BCUT2D eigenvalue weighted by Gasteiger charge is -2.29. The molecule has 2 atom stereocenters. The third kappa shape index (κ3) is 3.95. The number of halogens is 1. The van der Waals surface area contributed by atoms with Crippen molar-refractivity contribution in [3.05, 3.63) is 54.1 Å². The Balaban J connectivity index is 1.92. The van der Waals surface area contributed by atoms with Crippen LogP contribution in [-0.4, -0.2) is 27.3 Å². The number of aromatic nitrogens is 1. The highest BCUT2D eigenvalue weighted by Crippen LogP contribution is 2.34. The maximum atomic E-state index is 13.5. The van der Waals surface area contributed by atoms with Crippen LogP contribution in [0, 0.1) is 22.6 Å². The number of aryl methyl sites for hydroxylation is 1. The smallest absolute Gasteiger partial charge is 0.276 e. The van der Waals surface area contributed by atoms with Crippen molar-refractivity contribution in [2.45, 2.75) is 24.8 Å². The Hall–Kier alpha value is -2.96. The first kappa shape index (κ1) is 20.8. The second-order valence-corrected chi connectivity index (χ2v) is 8.53. The van der Waals surface area contributed by atoms with E-state index in [1.807, 2.05) is 13.8 Å². The van der Waals surface area contributed by atoms with Crippen molar-refractivity contribution in [3.63, 3.8) is 0 Å². The summed E-state index contributed by atoms with van der Waals surface area (Å²) in [6, 6.07) is 5.17. The van der Waals surface area contributed by atoms with E-state index in [0.29, 0.717) is 4.90 Å². The average molecular weight is 416 g/mol. The summed E-state index contributed by atoms with van der Waals surface area (Å²) < 4.78 is 36.8. The van der Waals surface area contributed by atoms with E-state index in [9.17, 15) is 13.4 Å². The summed E-state index contributed by atoms with van der Waals surface area (Å²) in [5, 5.41) is 11.6. The number of nitrogens with zero attached hydrogens (tertiary/aromatic N) is 2. The molecule has 0 fully saturated rings. The van der Waals surface area contributed by atoms with E-state index in [4.69, 9.17) is 10.00 Å². The number of nitriles is 1. The molecule has 2 unspecified atom stereocenters. The van der Waals surface area contributed by atoms with Gasteiger partial charge >= 0.3 is 0 Å². The minimum Gasteiger partial charge on any atom is -0.488 e. The minimum absolute atomic E-state index is 0.176. The fraction of sp³-hybridized carbons (Fsp3) is 0.300. The highest BCUT2D eigenvalue weighted by atomic mass is 32.2. The van der Waals surface area contributed by atoms with Crippen molar-refractivity contribution in [2.75, 3.05) is 11.9 Å². The van der Waals surface area contributed by atoms with Gasteiger partial charge in [-0.25, -0.2) is 13.3 Å². The average Bonchev–Trinajstić information content (AvgIpc) is 2.93. The predicted molar refractivity (Wildman–Crippen MR) is 107 cm³/mol. The minimum atomic E-state index is -1.59. The third-order valence-electron chi connectivity index (χ3n) is 4.93. The molecule has 2 heterocycles. The number of hydrogen-bond acceptors (Lipinski definition) is 4. The SMILES string of the molecule is C=CC(C)(C)C1COc2c(cn(C)c2C(=O)Nc2ccc(F)c(C#N)c2)S(=O)N1. The molecule has 0 aliphatic carbocycles. The fourth-order valence-corrected chi connectivity index (χ4v) is 4.23. The molecule has 29 heavy (non-hydrogen) atoms. The number of anilines is 1. The number of carbonyl (C=O) groups is 1. The van der Waals surface area contributed by atoms with Gasteiger partial charge in [0.2, 0.25) is 0 Å². The van der Waals surface area contributed by atoms with E-state index < -0.39 is 22.7 Å². The summed E-state index contributed by atoms with van der Waals surface area (Å²) in [5.74, 6) is -0.970. The quantitative estimate of drug-likeness (QED) is 0.749. The number of benzene rings is 1. The first-order valence-corrected chi connectivity index (χ1v) is 9.97. The molecule has 1 amide bonds. The van der Waals surface area contributed by atoms with Crippen molar-refractivity contribution in [2.24, 2.45) is 12.5 Å². The van der Waals surface area contributed by atoms with Gasteiger partial charge < -0.3 is 14.6 Å². The Kier molecular flexibility index (Phi) is 5.59. The molecule has 152 valence electrons. The summed E-state index contributed by atoms with van der Waals surface area (Å²) in [7, 11) is 0.0519. The summed E-state index contributed by atoms with van der Waals surface area (Å²) in [4.78, 5) is 13.2. The fourth-order valence-electron chi connectivity index (χ4n) is 2.89. The van der Waals surface area contributed by atoms with Crippen LogP contribution < -0.4 is 14.8 Å². The molecule has 1 aromatic carbocycles.